The van der Waals surface area contributed by atoms with Crippen molar-refractivity contribution in [2.75, 3.05) is 11.5 Å². The Balaban J connectivity index is 1.80. The quantitative estimate of drug-likeness (QED) is 0.652. The first-order valence-corrected chi connectivity index (χ1v) is 10.0. The van der Waals surface area contributed by atoms with E-state index in [1.165, 1.54) is 4.90 Å². The van der Waals surface area contributed by atoms with Crippen LogP contribution in [0.25, 0.3) is 6.08 Å². The van der Waals surface area contributed by atoms with Gasteiger partial charge in [-0.3, -0.25) is 9.59 Å². The number of hydrogen-bond donors (Lipinski definition) is 1. The molecule has 1 N–H and O–H groups in total. The molecule has 150 valence electrons. The molecule has 0 radical (unpaired) electrons. The smallest absolute Gasteiger partial charge is 0.341 e. The number of ether oxygens (including phenoxy) is 1. The first-order valence-electron chi connectivity index (χ1n) is 9.21. The molecule has 7 heteroatoms. The van der Waals surface area contributed by atoms with Gasteiger partial charge in [0.15, 0.2) is 6.61 Å². The van der Waals surface area contributed by atoms with Crippen LogP contribution in [0.5, 0.6) is 5.75 Å². The highest BCUT2D eigenvalue weighted by Gasteiger charge is 2.36. The van der Waals surface area contributed by atoms with Gasteiger partial charge in [-0.1, -0.05) is 38.1 Å². The van der Waals surface area contributed by atoms with Crippen LogP contribution in [0.1, 0.15) is 37.3 Å². The molecule has 3 rings (SSSR count). The lowest BCUT2D eigenvalue weighted by molar-refractivity contribution is -0.139. The zero-order valence-electron chi connectivity index (χ0n) is 16.1. The van der Waals surface area contributed by atoms with Gasteiger partial charge in [0, 0.05) is 0 Å². The molecule has 0 spiro atoms. The summed E-state index contributed by atoms with van der Waals surface area (Å²) in [5, 5.41) is 8.36. The van der Waals surface area contributed by atoms with Crippen LogP contribution in [0.15, 0.2) is 53.4 Å². The third-order valence-corrected chi connectivity index (χ3v) is 5.51. The van der Waals surface area contributed by atoms with Crippen molar-refractivity contribution >= 4 is 40.6 Å². The number of carboxylic acid groups (broad SMARTS) is 1. The number of anilines is 1. The van der Waals surface area contributed by atoms with Crippen molar-refractivity contribution in [3.05, 3.63) is 64.6 Å². The van der Waals surface area contributed by atoms with E-state index in [0.29, 0.717) is 27.8 Å². The van der Waals surface area contributed by atoms with Gasteiger partial charge in [-0.05, 0) is 65.6 Å². The standard InChI is InChI=1S/C22H21NO5S/c1-3-14(2)16-7-9-17(10-8-16)23-21(26)19(29-22(23)27)12-15-5-4-6-18(11-15)28-13-20(24)25/h4-12,14H,3,13H2,1-2H3,(H,24,25)/b19-12+. The molecule has 6 nitrogen and oxygen atoms in total. The lowest BCUT2D eigenvalue weighted by Crippen LogP contribution is -2.27. The molecule has 0 bridgehead atoms. The van der Waals surface area contributed by atoms with Gasteiger partial charge in [0.05, 0.1) is 10.6 Å². The number of aliphatic carboxylic acids is 1. The Morgan fingerprint density at radius 3 is 2.59 bits per heavy atom. The van der Waals surface area contributed by atoms with E-state index in [4.69, 9.17) is 9.84 Å². The van der Waals surface area contributed by atoms with Crippen LogP contribution in [0.3, 0.4) is 0 Å². The molecule has 1 heterocycles. The van der Waals surface area contributed by atoms with Crippen LogP contribution >= 0.6 is 11.8 Å². The third kappa shape index (κ3) is 4.86. The number of carboxylic acids is 1. The number of amides is 2. The van der Waals surface area contributed by atoms with Crippen molar-refractivity contribution in [3.63, 3.8) is 0 Å². The highest BCUT2D eigenvalue weighted by molar-refractivity contribution is 8.19. The predicted octanol–water partition coefficient (Wildman–Crippen LogP) is 4.90. The number of benzene rings is 2. The van der Waals surface area contributed by atoms with Gasteiger partial charge >= 0.3 is 5.97 Å². The van der Waals surface area contributed by atoms with Crippen LogP contribution in [0.4, 0.5) is 10.5 Å². The molecule has 1 aliphatic rings. The fraction of sp³-hybridized carbons (Fsp3) is 0.227. The Bertz CT molecular complexity index is 967. The molecule has 1 atom stereocenters. The fourth-order valence-corrected chi connectivity index (χ4v) is 3.71. The van der Waals surface area contributed by atoms with E-state index in [0.717, 1.165) is 23.7 Å². The summed E-state index contributed by atoms with van der Waals surface area (Å²) in [5.74, 6) is -0.667. The number of carbonyl (C=O) groups is 3. The molecule has 0 aromatic heterocycles. The van der Waals surface area contributed by atoms with Crippen LogP contribution < -0.4 is 9.64 Å². The van der Waals surface area contributed by atoms with Crippen molar-refractivity contribution in [1.29, 1.82) is 0 Å². The second kappa shape index (κ2) is 8.96. The maximum atomic E-state index is 12.8. The highest BCUT2D eigenvalue weighted by atomic mass is 32.2. The minimum absolute atomic E-state index is 0.302. The summed E-state index contributed by atoms with van der Waals surface area (Å²) < 4.78 is 5.15. The molecule has 0 aliphatic carbocycles. The van der Waals surface area contributed by atoms with E-state index in [-0.39, 0.29) is 11.1 Å². The molecular formula is C22H21NO5S. The first kappa shape index (κ1) is 20.7. The SMILES string of the molecule is CCC(C)c1ccc(N2C(=O)S/C(=C/c3cccc(OCC(=O)O)c3)C2=O)cc1. The van der Waals surface area contributed by atoms with Gasteiger partial charge in [-0.2, -0.15) is 0 Å². The van der Waals surface area contributed by atoms with Gasteiger partial charge in [-0.15, -0.1) is 0 Å². The van der Waals surface area contributed by atoms with Crippen LogP contribution in [0.2, 0.25) is 0 Å². The summed E-state index contributed by atoms with van der Waals surface area (Å²) in [6, 6.07) is 14.2. The Morgan fingerprint density at radius 2 is 1.93 bits per heavy atom. The molecule has 1 fully saturated rings. The van der Waals surface area contributed by atoms with Gasteiger partial charge in [0.1, 0.15) is 5.75 Å². The summed E-state index contributed by atoms with van der Waals surface area (Å²) in [6.45, 7) is 3.79. The van der Waals surface area contributed by atoms with Gasteiger partial charge in [0.25, 0.3) is 11.1 Å². The number of carbonyl (C=O) groups excluding carboxylic acids is 2. The lowest BCUT2D eigenvalue weighted by Gasteiger charge is -2.14. The summed E-state index contributed by atoms with van der Waals surface area (Å²) in [7, 11) is 0. The zero-order chi connectivity index (χ0) is 21.0. The van der Waals surface area contributed by atoms with Crippen molar-refractivity contribution in [2.24, 2.45) is 0 Å². The van der Waals surface area contributed by atoms with Gasteiger partial charge in [0.2, 0.25) is 0 Å². The summed E-state index contributed by atoms with van der Waals surface area (Å²) in [5.41, 5.74) is 2.35. The molecule has 1 saturated heterocycles. The number of hydrogen-bond acceptors (Lipinski definition) is 5. The predicted molar refractivity (Wildman–Crippen MR) is 113 cm³/mol. The van der Waals surface area contributed by atoms with Crippen molar-refractivity contribution in [2.45, 2.75) is 26.2 Å². The van der Waals surface area contributed by atoms with Gasteiger partial charge < -0.3 is 9.84 Å². The summed E-state index contributed by atoms with van der Waals surface area (Å²) >= 11 is 0.874. The molecule has 29 heavy (non-hydrogen) atoms. The third-order valence-electron chi connectivity index (χ3n) is 4.64. The lowest BCUT2D eigenvalue weighted by atomic mass is 9.98. The Hall–Kier alpha value is -3.06. The fourth-order valence-electron chi connectivity index (χ4n) is 2.87. The maximum absolute atomic E-state index is 12.8. The van der Waals surface area contributed by atoms with E-state index < -0.39 is 12.6 Å². The van der Waals surface area contributed by atoms with Crippen LogP contribution in [-0.4, -0.2) is 28.8 Å². The van der Waals surface area contributed by atoms with Crippen molar-refractivity contribution in [3.8, 4) is 5.75 Å². The Kier molecular flexibility index (Phi) is 6.39. The summed E-state index contributed by atoms with van der Waals surface area (Å²) in [6.07, 6.45) is 2.62. The van der Waals surface area contributed by atoms with Gasteiger partial charge in [-0.25, -0.2) is 9.69 Å². The minimum Gasteiger partial charge on any atom is -0.482 e. The molecule has 1 unspecified atom stereocenters. The summed E-state index contributed by atoms with van der Waals surface area (Å²) in [4.78, 5) is 37.3. The molecule has 2 amide bonds. The number of rotatable bonds is 7. The molecule has 2 aromatic rings. The first-order chi connectivity index (χ1) is 13.9. The van der Waals surface area contributed by atoms with Crippen LogP contribution in [0, 0.1) is 0 Å². The average Bonchev–Trinajstić information content (AvgIpc) is 2.99. The molecule has 2 aromatic carbocycles. The molecule has 0 saturated carbocycles. The average molecular weight is 411 g/mol. The molecule has 1 aliphatic heterocycles. The Labute approximate surface area is 173 Å². The number of thioether (sulfide) groups is 1. The zero-order valence-corrected chi connectivity index (χ0v) is 16.9. The van der Waals surface area contributed by atoms with E-state index in [2.05, 4.69) is 13.8 Å². The van der Waals surface area contributed by atoms with E-state index in [9.17, 15) is 14.4 Å². The van der Waals surface area contributed by atoms with Crippen molar-refractivity contribution < 1.29 is 24.2 Å². The van der Waals surface area contributed by atoms with Crippen LogP contribution in [-0.2, 0) is 9.59 Å². The monoisotopic (exact) mass is 411 g/mol. The van der Waals surface area contributed by atoms with E-state index >= 15 is 0 Å². The largest absolute Gasteiger partial charge is 0.482 e. The normalized spacial score (nSPS) is 16.3. The minimum atomic E-state index is -1.07. The second-order valence-corrected chi connectivity index (χ2v) is 7.67. The van der Waals surface area contributed by atoms with Crippen molar-refractivity contribution in [1.82, 2.24) is 0 Å². The maximum Gasteiger partial charge on any atom is 0.341 e. The highest BCUT2D eigenvalue weighted by Crippen LogP contribution is 2.36. The second-order valence-electron chi connectivity index (χ2n) is 6.67. The number of nitrogens with zero attached hydrogens (tertiary/aromatic N) is 1. The van der Waals surface area contributed by atoms with E-state index in [1.54, 1.807) is 42.5 Å². The Morgan fingerprint density at radius 1 is 1.21 bits per heavy atom. The topological polar surface area (TPSA) is 83.9 Å². The number of imide groups is 1. The van der Waals surface area contributed by atoms with E-state index in [1.807, 2.05) is 12.1 Å². The molecular weight excluding hydrogens is 390 g/mol.